The minimum absolute atomic E-state index is 0.102. The van der Waals surface area contributed by atoms with Gasteiger partial charge in [-0.2, -0.15) is 0 Å². The molecule has 0 radical (unpaired) electrons. The van der Waals surface area contributed by atoms with Crippen LogP contribution in [0, 0.1) is 0 Å². The number of piperidine rings is 1. The lowest BCUT2D eigenvalue weighted by molar-refractivity contribution is -0.149. The van der Waals surface area contributed by atoms with Crippen LogP contribution in [0.2, 0.25) is 0 Å². The fourth-order valence-electron chi connectivity index (χ4n) is 2.36. The largest absolute Gasteiger partial charge is 0.465 e. The molecular formula is C12H24N2O2. The maximum Gasteiger partial charge on any atom is 0.323 e. The summed E-state index contributed by atoms with van der Waals surface area (Å²) < 4.78 is 5.08. The minimum Gasteiger partial charge on any atom is -0.465 e. The number of hydrogen-bond acceptors (Lipinski definition) is 4. The van der Waals surface area contributed by atoms with E-state index in [2.05, 4.69) is 17.1 Å². The maximum absolute atomic E-state index is 11.7. The van der Waals surface area contributed by atoms with Gasteiger partial charge in [0, 0.05) is 12.6 Å². The van der Waals surface area contributed by atoms with Crippen LogP contribution >= 0.6 is 0 Å². The van der Waals surface area contributed by atoms with Gasteiger partial charge in [-0.05, 0) is 39.8 Å². The van der Waals surface area contributed by atoms with Gasteiger partial charge in [-0.1, -0.05) is 6.92 Å². The highest BCUT2D eigenvalue weighted by Crippen LogP contribution is 2.14. The molecule has 1 aliphatic heterocycles. The van der Waals surface area contributed by atoms with Gasteiger partial charge in [0.25, 0.3) is 0 Å². The number of ether oxygens (including phenoxy) is 1. The van der Waals surface area contributed by atoms with Crippen LogP contribution in [-0.2, 0) is 9.53 Å². The van der Waals surface area contributed by atoms with Crippen LogP contribution < -0.4 is 5.32 Å². The van der Waals surface area contributed by atoms with Gasteiger partial charge < -0.3 is 10.1 Å². The summed E-state index contributed by atoms with van der Waals surface area (Å²) >= 11 is 0. The molecule has 1 heterocycles. The first-order chi connectivity index (χ1) is 7.70. The average molecular weight is 228 g/mol. The van der Waals surface area contributed by atoms with Gasteiger partial charge in [0.1, 0.15) is 6.04 Å². The van der Waals surface area contributed by atoms with Gasteiger partial charge >= 0.3 is 5.97 Å². The summed E-state index contributed by atoms with van der Waals surface area (Å²) in [6.45, 7) is 9.33. The number of likely N-dealkylation sites (N-methyl/N-ethyl adjacent to an activating group) is 1. The molecule has 0 saturated carbocycles. The van der Waals surface area contributed by atoms with E-state index in [0.717, 1.165) is 19.6 Å². The summed E-state index contributed by atoms with van der Waals surface area (Å²) in [7, 11) is 0. The number of rotatable bonds is 5. The topological polar surface area (TPSA) is 41.6 Å². The van der Waals surface area contributed by atoms with Gasteiger partial charge in [-0.25, -0.2) is 0 Å². The van der Waals surface area contributed by atoms with E-state index in [1.54, 1.807) is 0 Å². The lowest BCUT2D eigenvalue weighted by Gasteiger charge is -2.36. The fourth-order valence-corrected chi connectivity index (χ4v) is 2.36. The van der Waals surface area contributed by atoms with E-state index in [9.17, 15) is 4.79 Å². The zero-order chi connectivity index (χ0) is 12.0. The molecule has 0 aromatic heterocycles. The molecule has 0 amide bonds. The lowest BCUT2D eigenvalue weighted by Crippen LogP contribution is -2.52. The van der Waals surface area contributed by atoms with Crippen molar-refractivity contribution < 1.29 is 9.53 Å². The predicted octanol–water partition coefficient (Wildman–Crippen LogP) is 1.01. The first-order valence-electron chi connectivity index (χ1n) is 6.33. The molecular weight excluding hydrogens is 204 g/mol. The average Bonchev–Trinajstić information content (AvgIpc) is 2.31. The van der Waals surface area contributed by atoms with Gasteiger partial charge in [-0.15, -0.1) is 0 Å². The monoisotopic (exact) mass is 228 g/mol. The summed E-state index contributed by atoms with van der Waals surface area (Å²) in [5.74, 6) is -0.102. The molecule has 1 saturated heterocycles. The van der Waals surface area contributed by atoms with Crippen molar-refractivity contribution in [1.29, 1.82) is 0 Å². The van der Waals surface area contributed by atoms with Crippen LogP contribution in [0.3, 0.4) is 0 Å². The lowest BCUT2D eigenvalue weighted by atomic mass is 10.0. The van der Waals surface area contributed by atoms with E-state index in [4.69, 9.17) is 4.74 Å². The van der Waals surface area contributed by atoms with Gasteiger partial charge in [0.05, 0.1) is 6.61 Å². The molecule has 16 heavy (non-hydrogen) atoms. The highest BCUT2D eigenvalue weighted by Gasteiger charge is 2.28. The van der Waals surface area contributed by atoms with Crippen molar-refractivity contribution >= 4 is 5.97 Å². The second kappa shape index (κ2) is 6.86. The summed E-state index contributed by atoms with van der Waals surface area (Å²) in [4.78, 5) is 13.9. The van der Waals surface area contributed by atoms with E-state index >= 15 is 0 Å². The summed E-state index contributed by atoms with van der Waals surface area (Å²) in [6.07, 6.45) is 2.36. The molecule has 0 aromatic rings. The fraction of sp³-hybridized carbons (Fsp3) is 0.917. The van der Waals surface area contributed by atoms with Gasteiger partial charge in [0.15, 0.2) is 0 Å². The Kier molecular flexibility index (Phi) is 5.77. The van der Waals surface area contributed by atoms with E-state index in [1.807, 2.05) is 13.8 Å². The molecule has 1 fully saturated rings. The first kappa shape index (κ1) is 13.5. The van der Waals surface area contributed by atoms with Crippen molar-refractivity contribution in [3.05, 3.63) is 0 Å². The number of carbonyl (C=O) groups is 1. The van der Waals surface area contributed by atoms with Crippen molar-refractivity contribution in [3.8, 4) is 0 Å². The minimum atomic E-state index is -0.130. The molecule has 0 aromatic carbocycles. The van der Waals surface area contributed by atoms with Crippen LogP contribution in [0.1, 0.15) is 33.6 Å². The van der Waals surface area contributed by atoms with E-state index in [1.165, 1.54) is 12.8 Å². The van der Waals surface area contributed by atoms with Gasteiger partial charge in [-0.3, -0.25) is 9.69 Å². The van der Waals surface area contributed by atoms with Crippen LogP contribution in [0.15, 0.2) is 0 Å². The Hall–Kier alpha value is -0.610. The van der Waals surface area contributed by atoms with Crippen molar-refractivity contribution in [2.75, 3.05) is 26.2 Å². The quantitative estimate of drug-likeness (QED) is 0.713. The highest BCUT2D eigenvalue weighted by atomic mass is 16.5. The summed E-state index contributed by atoms with van der Waals surface area (Å²) in [6, 6.07) is 0.341. The second-order valence-corrected chi connectivity index (χ2v) is 4.26. The highest BCUT2D eigenvalue weighted by molar-refractivity contribution is 5.75. The third-order valence-corrected chi connectivity index (χ3v) is 3.23. The molecule has 2 unspecified atom stereocenters. The molecule has 0 aliphatic carbocycles. The number of carbonyl (C=O) groups excluding carboxylic acids is 1. The molecule has 1 N–H and O–H groups in total. The van der Waals surface area contributed by atoms with Crippen LogP contribution in [0.25, 0.3) is 0 Å². The molecule has 0 bridgehead atoms. The van der Waals surface area contributed by atoms with Crippen LogP contribution in [0.4, 0.5) is 0 Å². The second-order valence-electron chi connectivity index (χ2n) is 4.26. The number of nitrogens with zero attached hydrogens (tertiary/aromatic N) is 1. The van der Waals surface area contributed by atoms with Crippen LogP contribution in [0.5, 0.6) is 0 Å². The van der Waals surface area contributed by atoms with Crippen molar-refractivity contribution in [2.24, 2.45) is 0 Å². The van der Waals surface area contributed by atoms with Gasteiger partial charge in [0.2, 0.25) is 0 Å². The molecule has 4 nitrogen and oxygen atoms in total. The Bertz CT molecular complexity index is 215. The van der Waals surface area contributed by atoms with Crippen molar-refractivity contribution in [1.82, 2.24) is 10.2 Å². The number of hydrogen-bond donors (Lipinski definition) is 1. The zero-order valence-electron chi connectivity index (χ0n) is 10.7. The normalized spacial score (nSPS) is 23.1. The molecule has 1 rings (SSSR count). The van der Waals surface area contributed by atoms with E-state index < -0.39 is 0 Å². The molecule has 2 atom stereocenters. The Labute approximate surface area is 98.3 Å². The first-order valence-corrected chi connectivity index (χ1v) is 6.33. The SMILES string of the molecule is CCOC(=O)C(C)N(CC)C1CCCNC1. The molecule has 94 valence electrons. The van der Waals surface area contributed by atoms with Crippen molar-refractivity contribution in [3.63, 3.8) is 0 Å². The maximum atomic E-state index is 11.7. The Balaban J connectivity index is 2.53. The standard InChI is InChI=1S/C12H24N2O2/c1-4-14(10(3)12(15)16-5-2)11-7-6-8-13-9-11/h10-11,13H,4-9H2,1-3H3. The van der Waals surface area contributed by atoms with Crippen molar-refractivity contribution in [2.45, 2.75) is 45.7 Å². The summed E-state index contributed by atoms with van der Waals surface area (Å²) in [5, 5.41) is 3.38. The number of nitrogens with one attached hydrogen (secondary N) is 1. The summed E-state index contributed by atoms with van der Waals surface area (Å²) in [5.41, 5.74) is 0. The Morgan fingerprint density at radius 3 is 2.81 bits per heavy atom. The van der Waals surface area contributed by atoms with E-state index in [-0.39, 0.29) is 12.0 Å². The number of esters is 1. The van der Waals surface area contributed by atoms with E-state index in [0.29, 0.717) is 12.6 Å². The third kappa shape index (κ3) is 3.46. The third-order valence-electron chi connectivity index (χ3n) is 3.23. The Morgan fingerprint density at radius 2 is 2.31 bits per heavy atom. The Morgan fingerprint density at radius 1 is 1.56 bits per heavy atom. The molecule has 0 spiro atoms. The molecule has 1 aliphatic rings. The zero-order valence-corrected chi connectivity index (χ0v) is 10.7. The molecule has 4 heteroatoms. The smallest absolute Gasteiger partial charge is 0.323 e. The predicted molar refractivity (Wildman–Crippen MR) is 64.4 cm³/mol. The van der Waals surface area contributed by atoms with Crippen LogP contribution in [-0.4, -0.2) is 49.2 Å².